The van der Waals surface area contributed by atoms with Gasteiger partial charge in [-0.1, -0.05) is 30.7 Å². The second-order valence-electron chi connectivity index (χ2n) is 8.75. The lowest BCUT2D eigenvalue weighted by molar-refractivity contribution is 0.0625. The van der Waals surface area contributed by atoms with Crippen molar-refractivity contribution in [1.29, 1.82) is 0 Å². The monoisotopic (exact) mass is 528 g/mol. The van der Waals surface area contributed by atoms with Gasteiger partial charge in [-0.2, -0.15) is 0 Å². The summed E-state index contributed by atoms with van der Waals surface area (Å²) in [5, 5.41) is 3.59. The van der Waals surface area contributed by atoms with E-state index in [0.717, 1.165) is 44.7 Å². The second kappa shape index (κ2) is 13.5. The van der Waals surface area contributed by atoms with Gasteiger partial charge in [0.25, 0.3) is 0 Å². The van der Waals surface area contributed by atoms with Crippen LogP contribution in [0.4, 0.5) is 0 Å². The fraction of sp³-hybridized carbons (Fsp3) is 0.708. The fourth-order valence-corrected chi connectivity index (χ4v) is 4.57. The van der Waals surface area contributed by atoms with Crippen molar-refractivity contribution in [2.45, 2.75) is 64.6 Å². The number of halogens is 1. The highest BCUT2D eigenvalue weighted by atomic mass is 127. The number of hydrogen-bond donors (Lipinski definition) is 1. The highest BCUT2D eigenvalue weighted by Gasteiger charge is 2.19. The van der Waals surface area contributed by atoms with Gasteiger partial charge in [-0.3, -0.25) is 9.89 Å². The zero-order valence-electron chi connectivity index (χ0n) is 19.1. The SMILES string of the molecule is CN=C(NCc1ccccc1CN1CCCCC1C)N(C)CCC1CCOCC1.I. The summed E-state index contributed by atoms with van der Waals surface area (Å²) in [6, 6.07) is 9.55. The number of guanidine groups is 1. The van der Waals surface area contributed by atoms with Gasteiger partial charge in [0.15, 0.2) is 5.96 Å². The van der Waals surface area contributed by atoms with Crippen molar-refractivity contribution < 1.29 is 4.74 Å². The summed E-state index contributed by atoms with van der Waals surface area (Å²) in [6.07, 6.45) is 7.63. The summed E-state index contributed by atoms with van der Waals surface area (Å²) in [7, 11) is 4.03. The van der Waals surface area contributed by atoms with E-state index in [1.165, 1.54) is 56.2 Å². The third kappa shape index (κ3) is 7.68. The van der Waals surface area contributed by atoms with Crippen molar-refractivity contribution in [2.75, 3.05) is 40.4 Å². The van der Waals surface area contributed by atoms with Crippen molar-refractivity contribution in [3.63, 3.8) is 0 Å². The summed E-state index contributed by atoms with van der Waals surface area (Å²) in [4.78, 5) is 9.43. The molecule has 1 aromatic rings. The fourth-order valence-electron chi connectivity index (χ4n) is 4.57. The van der Waals surface area contributed by atoms with Crippen LogP contribution in [0.25, 0.3) is 0 Å². The molecule has 2 saturated heterocycles. The molecule has 0 amide bonds. The first-order chi connectivity index (χ1) is 14.2. The lowest BCUT2D eigenvalue weighted by atomic mass is 9.96. The van der Waals surface area contributed by atoms with Crippen LogP contribution in [0.3, 0.4) is 0 Å². The Kier molecular flexibility index (Phi) is 11.5. The number of benzene rings is 1. The lowest BCUT2D eigenvalue weighted by Gasteiger charge is -2.34. The van der Waals surface area contributed by atoms with E-state index in [-0.39, 0.29) is 24.0 Å². The first kappa shape index (κ1) is 25.4. The average Bonchev–Trinajstić information content (AvgIpc) is 2.76. The van der Waals surface area contributed by atoms with E-state index in [4.69, 9.17) is 4.74 Å². The maximum atomic E-state index is 5.48. The summed E-state index contributed by atoms with van der Waals surface area (Å²) < 4.78 is 5.48. The zero-order chi connectivity index (χ0) is 20.5. The van der Waals surface area contributed by atoms with Crippen molar-refractivity contribution in [3.8, 4) is 0 Å². The van der Waals surface area contributed by atoms with Crippen LogP contribution in [0.1, 0.15) is 56.6 Å². The minimum atomic E-state index is 0. The Morgan fingerprint density at radius 1 is 1.17 bits per heavy atom. The molecule has 1 aromatic carbocycles. The molecule has 1 unspecified atom stereocenters. The van der Waals surface area contributed by atoms with E-state index in [1.807, 2.05) is 7.05 Å². The first-order valence-corrected chi connectivity index (χ1v) is 11.5. The van der Waals surface area contributed by atoms with Crippen LogP contribution >= 0.6 is 24.0 Å². The van der Waals surface area contributed by atoms with Crippen LogP contribution in [0, 0.1) is 5.92 Å². The molecule has 6 heteroatoms. The largest absolute Gasteiger partial charge is 0.381 e. The molecule has 0 spiro atoms. The zero-order valence-corrected chi connectivity index (χ0v) is 21.4. The molecule has 2 aliphatic heterocycles. The third-order valence-corrected chi connectivity index (χ3v) is 6.66. The Labute approximate surface area is 200 Å². The normalized spacial score (nSPS) is 21.2. The van der Waals surface area contributed by atoms with Crippen LogP contribution < -0.4 is 5.32 Å². The van der Waals surface area contributed by atoms with Crippen LogP contribution in [0.5, 0.6) is 0 Å². The van der Waals surface area contributed by atoms with Gasteiger partial charge in [0.2, 0.25) is 0 Å². The number of aliphatic imine (C=N–C) groups is 1. The van der Waals surface area contributed by atoms with E-state index in [0.29, 0.717) is 6.04 Å². The lowest BCUT2D eigenvalue weighted by Crippen LogP contribution is -2.40. The molecule has 0 aromatic heterocycles. The minimum Gasteiger partial charge on any atom is -0.381 e. The molecule has 0 bridgehead atoms. The first-order valence-electron chi connectivity index (χ1n) is 11.5. The van der Waals surface area contributed by atoms with Crippen LogP contribution in [0.15, 0.2) is 29.3 Å². The van der Waals surface area contributed by atoms with Gasteiger partial charge in [0.05, 0.1) is 0 Å². The van der Waals surface area contributed by atoms with Gasteiger partial charge in [-0.05, 0) is 62.6 Å². The van der Waals surface area contributed by atoms with Gasteiger partial charge in [-0.25, -0.2) is 0 Å². The van der Waals surface area contributed by atoms with Crippen LogP contribution in [0.2, 0.25) is 0 Å². The number of piperidine rings is 1. The molecular weight excluding hydrogens is 487 g/mol. The molecule has 0 radical (unpaired) electrons. The summed E-state index contributed by atoms with van der Waals surface area (Å²) in [5.41, 5.74) is 2.82. The number of nitrogens with zero attached hydrogens (tertiary/aromatic N) is 3. The molecule has 3 rings (SSSR count). The van der Waals surface area contributed by atoms with Gasteiger partial charge >= 0.3 is 0 Å². The molecule has 2 aliphatic rings. The van der Waals surface area contributed by atoms with Crippen LogP contribution in [-0.2, 0) is 17.8 Å². The second-order valence-corrected chi connectivity index (χ2v) is 8.75. The Balaban J connectivity index is 0.00000320. The van der Waals surface area contributed by atoms with Crippen molar-refractivity contribution in [1.82, 2.24) is 15.1 Å². The summed E-state index contributed by atoms with van der Waals surface area (Å²) in [5.74, 6) is 1.77. The minimum absolute atomic E-state index is 0. The Bertz CT molecular complexity index is 648. The number of rotatable bonds is 7. The van der Waals surface area contributed by atoms with Crippen molar-refractivity contribution >= 4 is 29.9 Å². The Morgan fingerprint density at radius 3 is 2.60 bits per heavy atom. The molecule has 0 aliphatic carbocycles. The molecule has 170 valence electrons. The smallest absolute Gasteiger partial charge is 0.193 e. The van der Waals surface area contributed by atoms with E-state index in [9.17, 15) is 0 Å². The highest BCUT2D eigenvalue weighted by Crippen LogP contribution is 2.21. The predicted molar refractivity (Wildman–Crippen MR) is 137 cm³/mol. The van der Waals surface area contributed by atoms with E-state index in [1.54, 1.807) is 0 Å². The Hall–Kier alpha value is -0.860. The maximum Gasteiger partial charge on any atom is 0.193 e. The van der Waals surface area contributed by atoms with E-state index >= 15 is 0 Å². The molecular formula is C24H41IN4O. The van der Waals surface area contributed by atoms with Crippen molar-refractivity contribution in [3.05, 3.63) is 35.4 Å². The summed E-state index contributed by atoms with van der Waals surface area (Å²) in [6.45, 7) is 8.36. The van der Waals surface area contributed by atoms with Crippen LogP contribution in [-0.4, -0.2) is 62.2 Å². The number of ether oxygens (including phenoxy) is 1. The van der Waals surface area contributed by atoms with Gasteiger partial charge in [0.1, 0.15) is 0 Å². The van der Waals surface area contributed by atoms with Gasteiger partial charge in [-0.15, -0.1) is 24.0 Å². The topological polar surface area (TPSA) is 40.1 Å². The molecule has 1 N–H and O–H groups in total. The van der Waals surface area contributed by atoms with E-state index < -0.39 is 0 Å². The maximum absolute atomic E-state index is 5.48. The number of hydrogen-bond acceptors (Lipinski definition) is 3. The third-order valence-electron chi connectivity index (χ3n) is 6.66. The molecule has 30 heavy (non-hydrogen) atoms. The highest BCUT2D eigenvalue weighted by molar-refractivity contribution is 14.0. The standard InChI is InChI=1S/C24H40N4O.HI/c1-20-8-6-7-14-28(20)19-23-10-5-4-9-22(23)18-26-24(25-2)27(3)15-11-21-12-16-29-17-13-21;/h4-5,9-10,20-21H,6-8,11-19H2,1-3H3,(H,25,26);1H. The Morgan fingerprint density at radius 2 is 1.90 bits per heavy atom. The molecule has 0 saturated carbocycles. The number of nitrogens with one attached hydrogen (secondary N) is 1. The molecule has 2 fully saturated rings. The molecule has 5 nitrogen and oxygen atoms in total. The van der Waals surface area contributed by atoms with Crippen molar-refractivity contribution in [2.24, 2.45) is 10.9 Å². The average molecular weight is 529 g/mol. The van der Waals surface area contributed by atoms with E-state index in [2.05, 4.69) is 58.3 Å². The predicted octanol–water partition coefficient (Wildman–Crippen LogP) is 4.50. The molecule has 2 heterocycles. The van der Waals surface area contributed by atoms with Gasteiger partial charge < -0.3 is 15.0 Å². The number of likely N-dealkylation sites (tertiary alicyclic amines) is 1. The van der Waals surface area contributed by atoms with Gasteiger partial charge in [0, 0.05) is 53.0 Å². The molecule has 1 atom stereocenters. The quantitative estimate of drug-likeness (QED) is 0.322. The summed E-state index contributed by atoms with van der Waals surface area (Å²) >= 11 is 0.